The second-order valence-corrected chi connectivity index (χ2v) is 2.84. The van der Waals surface area contributed by atoms with E-state index in [0.29, 0.717) is 12.8 Å². The molecule has 0 radical (unpaired) electrons. The average molecular weight is 170 g/mol. The largest absolute Gasteiger partial charge is 0.392 e. The summed E-state index contributed by atoms with van der Waals surface area (Å²) in [5.41, 5.74) is 0.851. The van der Waals surface area contributed by atoms with Crippen LogP contribution in [0.5, 0.6) is 0 Å². The first kappa shape index (κ1) is 8.36. The van der Waals surface area contributed by atoms with Gasteiger partial charge in [0.2, 0.25) is 0 Å². The molecule has 1 aromatic rings. The van der Waals surface area contributed by atoms with Gasteiger partial charge >= 0.3 is 0 Å². The monoisotopic (exact) mass is 170 g/mol. The lowest BCUT2D eigenvalue weighted by Gasteiger charge is -2.03. The van der Waals surface area contributed by atoms with Gasteiger partial charge < -0.3 is 5.11 Å². The minimum atomic E-state index is -0.364. The maximum absolute atomic E-state index is 9.29. The predicted octanol–water partition coefficient (Wildman–Crippen LogP) is 1.02. The molecule has 0 amide bonds. The first-order valence-corrected chi connectivity index (χ1v) is 4.11. The maximum atomic E-state index is 9.29. The summed E-state index contributed by atoms with van der Waals surface area (Å²) in [7, 11) is 0. The van der Waals surface area contributed by atoms with E-state index in [1.807, 2.05) is 0 Å². The van der Waals surface area contributed by atoms with Crippen LogP contribution in [0.3, 0.4) is 0 Å². The van der Waals surface area contributed by atoms with Crippen molar-refractivity contribution >= 4 is 11.7 Å². The van der Waals surface area contributed by atoms with Crippen LogP contribution in [0.15, 0.2) is 18.9 Å². The van der Waals surface area contributed by atoms with Crippen molar-refractivity contribution in [2.45, 2.75) is 18.9 Å². The van der Waals surface area contributed by atoms with E-state index in [-0.39, 0.29) is 6.10 Å². The number of aliphatic hydroxyl groups is 1. The van der Waals surface area contributed by atoms with Crippen LogP contribution in [-0.4, -0.2) is 20.0 Å². The Morgan fingerprint density at radius 1 is 1.82 bits per heavy atom. The number of hydrogen-bond acceptors (Lipinski definition) is 4. The topological polar surface area (TPSA) is 46.0 Å². The zero-order valence-corrected chi connectivity index (χ0v) is 6.92. The van der Waals surface area contributed by atoms with E-state index in [4.69, 9.17) is 0 Å². The van der Waals surface area contributed by atoms with Crippen LogP contribution >= 0.6 is 11.7 Å². The summed E-state index contributed by atoms with van der Waals surface area (Å²) in [4.78, 5) is 0. The lowest BCUT2D eigenvalue weighted by Crippen LogP contribution is -2.08. The van der Waals surface area contributed by atoms with Gasteiger partial charge in [-0.05, 0) is 6.42 Å². The van der Waals surface area contributed by atoms with E-state index in [1.54, 1.807) is 12.3 Å². The molecule has 11 heavy (non-hydrogen) atoms. The minimum Gasteiger partial charge on any atom is -0.392 e. The van der Waals surface area contributed by atoms with E-state index >= 15 is 0 Å². The molecule has 1 atom stereocenters. The van der Waals surface area contributed by atoms with Crippen LogP contribution in [0.1, 0.15) is 12.1 Å². The van der Waals surface area contributed by atoms with Gasteiger partial charge in [0, 0.05) is 6.42 Å². The Morgan fingerprint density at radius 2 is 2.64 bits per heavy atom. The van der Waals surface area contributed by atoms with Gasteiger partial charge in [-0.1, -0.05) is 6.08 Å². The highest BCUT2D eigenvalue weighted by atomic mass is 32.1. The highest BCUT2D eigenvalue weighted by Crippen LogP contribution is 2.03. The highest BCUT2D eigenvalue weighted by Gasteiger charge is 2.04. The van der Waals surface area contributed by atoms with E-state index in [2.05, 4.69) is 15.3 Å². The molecule has 0 spiro atoms. The molecule has 1 unspecified atom stereocenters. The van der Waals surface area contributed by atoms with Crippen LogP contribution in [0.2, 0.25) is 0 Å². The molecular weight excluding hydrogens is 160 g/mol. The summed E-state index contributed by atoms with van der Waals surface area (Å²) < 4.78 is 7.80. The molecule has 1 heterocycles. The lowest BCUT2D eigenvalue weighted by atomic mass is 10.1. The van der Waals surface area contributed by atoms with Crippen LogP contribution in [-0.2, 0) is 6.42 Å². The predicted molar refractivity (Wildman–Crippen MR) is 44.4 cm³/mol. The van der Waals surface area contributed by atoms with Gasteiger partial charge in [-0.15, -0.1) is 6.58 Å². The second kappa shape index (κ2) is 4.20. The maximum Gasteiger partial charge on any atom is 0.0768 e. The molecule has 3 nitrogen and oxygen atoms in total. The highest BCUT2D eigenvalue weighted by molar-refractivity contribution is 6.99. The molecule has 1 N–H and O–H groups in total. The van der Waals surface area contributed by atoms with Gasteiger partial charge in [0.05, 0.1) is 29.7 Å². The van der Waals surface area contributed by atoms with Gasteiger partial charge in [0.15, 0.2) is 0 Å². The van der Waals surface area contributed by atoms with Crippen LogP contribution in [0.4, 0.5) is 0 Å². The van der Waals surface area contributed by atoms with Crippen molar-refractivity contribution < 1.29 is 5.11 Å². The SMILES string of the molecule is C=CCC(O)Cc1cnsn1. The first-order valence-electron chi connectivity index (χ1n) is 3.38. The molecule has 4 heteroatoms. The van der Waals surface area contributed by atoms with Crippen molar-refractivity contribution in [3.8, 4) is 0 Å². The van der Waals surface area contributed by atoms with Crippen molar-refractivity contribution in [3.05, 3.63) is 24.5 Å². The molecule has 0 saturated carbocycles. The summed E-state index contributed by atoms with van der Waals surface area (Å²) in [5, 5.41) is 9.29. The quantitative estimate of drug-likeness (QED) is 0.686. The molecular formula is C7H10N2OS. The van der Waals surface area contributed by atoms with Gasteiger partial charge in [-0.3, -0.25) is 0 Å². The summed E-state index contributed by atoms with van der Waals surface area (Å²) in [5.74, 6) is 0. The third-order valence-corrected chi connectivity index (χ3v) is 1.81. The normalized spacial score (nSPS) is 12.8. The van der Waals surface area contributed by atoms with Crippen molar-refractivity contribution in [2.24, 2.45) is 0 Å². The number of nitrogens with zero attached hydrogens (tertiary/aromatic N) is 2. The van der Waals surface area contributed by atoms with Crippen LogP contribution in [0, 0.1) is 0 Å². The van der Waals surface area contributed by atoms with Crippen LogP contribution in [0.25, 0.3) is 0 Å². The molecule has 0 fully saturated rings. The number of aliphatic hydroxyl groups excluding tert-OH is 1. The fraction of sp³-hybridized carbons (Fsp3) is 0.429. The molecule has 1 aromatic heterocycles. The fourth-order valence-electron chi connectivity index (χ4n) is 0.791. The zero-order valence-electron chi connectivity index (χ0n) is 6.10. The van der Waals surface area contributed by atoms with E-state index in [0.717, 1.165) is 17.4 Å². The molecule has 0 aliphatic carbocycles. The average Bonchev–Trinajstić information content (AvgIpc) is 2.40. The van der Waals surface area contributed by atoms with Gasteiger partial charge in [0.1, 0.15) is 0 Å². The molecule has 1 rings (SSSR count). The second-order valence-electron chi connectivity index (χ2n) is 2.28. The third-order valence-electron chi connectivity index (χ3n) is 1.29. The number of hydrogen-bond donors (Lipinski definition) is 1. The van der Waals surface area contributed by atoms with E-state index in [9.17, 15) is 5.11 Å². The van der Waals surface area contributed by atoms with E-state index in [1.165, 1.54) is 0 Å². The molecule has 0 bridgehead atoms. The lowest BCUT2D eigenvalue weighted by molar-refractivity contribution is 0.177. The Hall–Kier alpha value is -0.740. The van der Waals surface area contributed by atoms with Crippen molar-refractivity contribution in [1.82, 2.24) is 8.75 Å². The summed E-state index contributed by atoms with van der Waals surface area (Å²) >= 11 is 1.16. The van der Waals surface area contributed by atoms with Crippen LogP contribution < -0.4 is 0 Å². The summed E-state index contributed by atoms with van der Waals surface area (Å²) in [6, 6.07) is 0. The Kier molecular flexibility index (Phi) is 3.19. The standard InChI is InChI=1S/C7H10N2OS/c1-2-3-7(10)4-6-5-8-11-9-6/h2,5,7,10H,1,3-4H2. The van der Waals surface area contributed by atoms with Crippen molar-refractivity contribution in [2.75, 3.05) is 0 Å². The summed E-state index contributed by atoms with van der Waals surface area (Å²) in [6.07, 6.45) is 4.19. The van der Waals surface area contributed by atoms with Gasteiger partial charge in [-0.25, -0.2) is 0 Å². The van der Waals surface area contributed by atoms with Crippen molar-refractivity contribution in [3.63, 3.8) is 0 Å². The molecule has 0 aliphatic heterocycles. The molecule has 0 saturated heterocycles. The summed E-state index contributed by atoms with van der Waals surface area (Å²) in [6.45, 7) is 3.54. The number of rotatable bonds is 4. The fourth-order valence-corrected chi connectivity index (χ4v) is 1.23. The zero-order chi connectivity index (χ0) is 8.10. The number of aromatic nitrogens is 2. The Morgan fingerprint density at radius 3 is 3.18 bits per heavy atom. The van der Waals surface area contributed by atoms with E-state index < -0.39 is 0 Å². The van der Waals surface area contributed by atoms with Crippen molar-refractivity contribution in [1.29, 1.82) is 0 Å². The van der Waals surface area contributed by atoms with Gasteiger partial charge in [-0.2, -0.15) is 8.75 Å². The molecule has 0 aliphatic rings. The Labute approximate surface area is 69.7 Å². The minimum absolute atomic E-state index is 0.364. The smallest absolute Gasteiger partial charge is 0.0768 e. The first-order chi connectivity index (χ1) is 5.33. The molecule has 60 valence electrons. The third kappa shape index (κ3) is 2.78. The molecule has 0 aromatic carbocycles. The van der Waals surface area contributed by atoms with Gasteiger partial charge in [0.25, 0.3) is 0 Å². The Balaban J connectivity index is 2.37. The Bertz CT molecular complexity index is 210.